The van der Waals surface area contributed by atoms with Crippen LogP contribution >= 0.6 is 0 Å². The molecule has 0 aromatic carbocycles. The molecule has 16 heavy (non-hydrogen) atoms. The summed E-state index contributed by atoms with van der Waals surface area (Å²) in [5, 5.41) is 10.1. The van der Waals surface area contributed by atoms with Crippen LogP contribution in [0.2, 0.25) is 0 Å². The first kappa shape index (κ1) is 11.6. The molecule has 2 nitrogen and oxygen atoms in total. The Bertz CT molecular complexity index is 403. The van der Waals surface area contributed by atoms with Gasteiger partial charge in [-0.05, 0) is 45.3 Å². The van der Waals surface area contributed by atoms with Crippen LogP contribution in [-0.4, -0.2) is 17.0 Å². The first-order chi connectivity index (χ1) is 7.36. The lowest BCUT2D eigenvalue weighted by Crippen LogP contribution is -2.47. The van der Waals surface area contributed by atoms with Gasteiger partial charge in [0.2, 0.25) is 0 Å². The molecule has 0 saturated heterocycles. The third kappa shape index (κ3) is 1.47. The van der Waals surface area contributed by atoms with E-state index < -0.39 is 6.10 Å². The molecule has 0 amide bonds. The smallest absolute Gasteiger partial charge is 0.164 e. The van der Waals surface area contributed by atoms with E-state index in [2.05, 4.69) is 13.8 Å². The Balaban J connectivity index is 2.47. The van der Waals surface area contributed by atoms with Crippen molar-refractivity contribution in [3.8, 4) is 0 Å². The van der Waals surface area contributed by atoms with E-state index in [-0.39, 0.29) is 17.1 Å². The fourth-order valence-corrected chi connectivity index (χ4v) is 3.21. The summed E-state index contributed by atoms with van der Waals surface area (Å²) in [7, 11) is 0. The van der Waals surface area contributed by atoms with Crippen LogP contribution < -0.4 is 0 Å². The van der Waals surface area contributed by atoms with Crippen molar-refractivity contribution in [3.05, 3.63) is 22.8 Å². The molecule has 0 aromatic rings. The monoisotopic (exact) mass is 220 g/mol. The van der Waals surface area contributed by atoms with Crippen LogP contribution in [0.15, 0.2) is 22.8 Å². The quantitative estimate of drug-likeness (QED) is 0.637. The van der Waals surface area contributed by atoms with E-state index in [1.165, 1.54) is 11.1 Å². The zero-order valence-corrected chi connectivity index (χ0v) is 10.5. The Kier molecular flexibility index (Phi) is 2.58. The maximum Gasteiger partial charge on any atom is 0.164 e. The SMILES string of the molecule is CC1=CC(O)[C@@H]2CC(C)=C(C)C[C@]2(C)C1=O. The van der Waals surface area contributed by atoms with E-state index in [0.717, 1.165) is 18.4 Å². The third-order valence-corrected chi connectivity index (χ3v) is 4.42. The minimum Gasteiger partial charge on any atom is -0.389 e. The average molecular weight is 220 g/mol. The molecule has 3 atom stereocenters. The number of rotatable bonds is 0. The normalized spacial score (nSPS) is 39.6. The van der Waals surface area contributed by atoms with Gasteiger partial charge in [0.15, 0.2) is 5.78 Å². The molecule has 0 fully saturated rings. The summed E-state index contributed by atoms with van der Waals surface area (Å²) in [4.78, 5) is 12.3. The number of aliphatic hydroxyl groups excluding tert-OH is 1. The number of hydrogen-bond donors (Lipinski definition) is 1. The topological polar surface area (TPSA) is 37.3 Å². The standard InChI is InChI=1S/C14H20O2/c1-8-5-11-12(15)6-9(2)13(16)14(11,4)7-10(8)3/h6,11-12,15H,5,7H2,1-4H3/t11-,12?,14-/m0/s1. The molecule has 2 rings (SSSR count). The second-order valence-corrected chi connectivity index (χ2v) is 5.63. The van der Waals surface area contributed by atoms with Crippen molar-refractivity contribution < 1.29 is 9.90 Å². The summed E-state index contributed by atoms with van der Waals surface area (Å²) in [6.07, 6.45) is 2.90. The van der Waals surface area contributed by atoms with Crippen LogP contribution in [0.3, 0.4) is 0 Å². The molecule has 2 aliphatic rings. The van der Waals surface area contributed by atoms with E-state index in [9.17, 15) is 9.90 Å². The van der Waals surface area contributed by atoms with Crippen molar-refractivity contribution in [2.45, 2.75) is 46.6 Å². The summed E-state index contributed by atoms with van der Waals surface area (Å²) in [6, 6.07) is 0. The van der Waals surface area contributed by atoms with Gasteiger partial charge in [-0.25, -0.2) is 0 Å². The van der Waals surface area contributed by atoms with E-state index in [1.54, 1.807) is 6.08 Å². The number of ketones is 1. The van der Waals surface area contributed by atoms with E-state index in [1.807, 2.05) is 13.8 Å². The number of hydrogen-bond acceptors (Lipinski definition) is 2. The number of carbonyl (C=O) groups is 1. The predicted octanol–water partition coefficient (Wildman–Crippen LogP) is 2.63. The van der Waals surface area contributed by atoms with Crippen LogP contribution in [0.25, 0.3) is 0 Å². The molecule has 1 unspecified atom stereocenters. The summed E-state index contributed by atoms with van der Waals surface area (Å²) < 4.78 is 0. The molecule has 0 aromatic heterocycles. The Morgan fingerprint density at radius 2 is 1.94 bits per heavy atom. The lowest BCUT2D eigenvalue weighted by Gasteiger charge is -2.45. The largest absolute Gasteiger partial charge is 0.389 e. The molecule has 0 bridgehead atoms. The Labute approximate surface area is 97.0 Å². The molecular weight excluding hydrogens is 200 g/mol. The van der Waals surface area contributed by atoms with E-state index >= 15 is 0 Å². The van der Waals surface area contributed by atoms with Gasteiger partial charge < -0.3 is 5.11 Å². The van der Waals surface area contributed by atoms with Crippen LogP contribution in [0.1, 0.15) is 40.5 Å². The minimum absolute atomic E-state index is 0.0624. The zero-order valence-electron chi connectivity index (χ0n) is 10.5. The molecule has 0 spiro atoms. The van der Waals surface area contributed by atoms with Crippen molar-refractivity contribution in [1.82, 2.24) is 0 Å². The van der Waals surface area contributed by atoms with Gasteiger partial charge in [-0.1, -0.05) is 18.1 Å². The molecule has 1 N–H and O–H groups in total. The Hall–Kier alpha value is -0.890. The van der Waals surface area contributed by atoms with Crippen LogP contribution in [0, 0.1) is 11.3 Å². The summed E-state index contributed by atoms with van der Waals surface area (Å²) in [5.41, 5.74) is 2.98. The highest BCUT2D eigenvalue weighted by Crippen LogP contribution is 2.49. The van der Waals surface area contributed by atoms with Crippen LogP contribution in [0.5, 0.6) is 0 Å². The summed E-state index contributed by atoms with van der Waals surface area (Å²) >= 11 is 0. The molecule has 2 heteroatoms. The molecule has 88 valence electrons. The molecule has 0 saturated carbocycles. The van der Waals surface area contributed by atoms with Gasteiger partial charge in [0.1, 0.15) is 0 Å². The molecule has 0 aliphatic heterocycles. The highest BCUT2D eigenvalue weighted by atomic mass is 16.3. The Morgan fingerprint density at radius 1 is 1.31 bits per heavy atom. The van der Waals surface area contributed by atoms with Crippen molar-refractivity contribution >= 4 is 5.78 Å². The fourth-order valence-electron chi connectivity index (χ4n) is 3.21. The first-order valence-corrected chi connectivity index (χ1v) is 5.93. The maximum atomic E-state index is 12.3. The molecule has 2 aliphatic carbocycles. The van der Waals surface area contributed by atoms with Gasteiger partial charge in [-0.3, -0.25) is 4.79 Å². The number of aliphatic hydroxyl groups is 1. The van der Waals surface area contributed by atoms with Crippen molar-refractivity contribution in [1.29, 1.82) is 0 Å². The number of carbonyl (C=O) groups excluding carboxylic acids is 1. The van der Waals surface area contributed by atoms with Crippen LogP contribution in [-0.2, 0) is 4.79 Å². The van der Waals surface area contributed by atoms with Crippen molar-refractivity contribution in [2.75, 3.05) is 0 Å². The Morgan fingerprint density at radius 3 is 2.56 bits per heavy atom. The first-order valence-electron chi connectivity index (χ1n) is 5.93. The van der Waals surface area contributed by atoms with Gasteiger partial charge in [-0.2, -0.15) is 0 Å². The fraction of sp³-hybridized carbons (Fsp3) is 0.643. The second kappa shape index (κ2) is 3.56. The molecule has 0 radical (unpaired) electrons. The van der Waals surface area contributed by atoms with Crippen LogP contribution in [0.4, 0.5) is 0 Å². The van der Waals surface area contributed by atoms with Gasteiger partial charge in [-0.15, -0.1) is 0 Å². The molecule has 0 heterocycles. The lowest BCUT2D eigenvalue weighted by atomic mass is 9.58. The number of allylic oxidation sites excluding steroid dienone is 3. The average Bonchev–Trinajstić information content (AvgIpc) is 2.20. The maximum absolute atomic E-state index is 12.3. The minimum atomic E-state index is -0.467. The van der Waals surface area contributed by atoms with E-state index in [0.29, 0.717) is 0 Å². The lowest BCUT2D eigenvalue weighted by molar-refractivity contribution is -0.131. The third-order valence-electron chi connectivity index (χ3n) is 4.42. The summed E-state index contributed by atoms with van der Waals surface area (Å²) in [5.74, 6) is 0.280. The van der Waals surface area contributed by atoms with Crippen molar-refractivity contribution in [3.63, 3.8) is 0 Å². The van der Waals surface area contributed by atoms with Gasteiger partial charge >= 0.3 is 0 Å². The predicted molar refractivity (Wildman–Crippen MR) is 64.0 cm³/mol. The van der Waals surface area contributed by atoms with Crippen molar-refractivity contribution in [2.24, 2.45) is 11.3 Å². The van der Waals surface area contributed by atoms with Gasteiger partial charge in [0.05, 0.1) is 6.10 Å². The molecular formula is C14H20O2. The van der Waals surface area contributed by atoms with E-state index in [4.69, 9.17) is 0 Å². The number of Topliss-reactive ketones (excluding diaryl/α,β-unsaturated/α-hetero) is 1. The highest BCUT2D eigenvalue weighted by molar-refractivity contribution is 6.00. The zero-order chi connectivity index (χ0) is 12.1. The summed E-state index contributed by atoms with van der Waals surface area (Å²) in [6.45, 7) is 8.03. The van der Waals surface area contributed by atoms with Gasteiger partial charge in [0, 0.05) is 11.3 Å². The number of fused-ring (bicyclic) bond motifs is 1. The highest BCUT2D eigenvalue weighted by Gasteiger charge is 2.49. The second-order valence-electron chi connectivity index (χ2n) is 5.63. The van der Waals surface area contributed by atoms with Gasteiger partial charge in [0.25, 0.3) is 0 Å².